The highest BCUT2D eigenvalue weighted by Crippen LogP contribution is 2.17. The first-order valence-corrected chi connectivity index (χ1v) is 8.68. The van der Waals surface area contributed by atoms with E-state index in [1.807, 2.05) is 6.07 Å². The van der Waals surface area contributed by atoms with Crippen LogP contribution < -0.4 is 10.6 Å². The standard InChI is InChI=1S/C13H20N4O3S/c1-10(21(2,19)20)13(18)17-7-5-16(6-8-17)11-3-4-12(14)15-9-11/h3-4,9-10H,5-8H2,1-2H3,(H2,14,15). The van der Waals surface area contributed by atoms with Gasteiger partial charge in [0.15, 0.2) is 9.84 Å². The van der Waals surface area contributed by atoms with E-state index in [0.717, 1.165) is 11.9 Å². The van der Waals surface area contributed by atoms with Crippen molar-refractivity contribution in [2.45, 2.75) is 12.2 Å². The third-order valence-corrected chi connectivity index (χ3v) is 5.20. The second-order valence-corrected chi connectivity index (χ2v) is 7.59. The van der Waals surface area contributed by atoms with Crippen LogP contribution in [-0.2, 0) is 14.6 Å². The molecular weight excluding hydrogens is 292 g/mol. The first kappa shape index (κ1) is 15.6. The lowest BCUT2D eigenvalue weighted by Crippen LogP contribution is -2.52. The van der Waals surface area contributed by atoms with Gasteiger partial charge < -0.3 is 15.5 Å². The molecule has 0 saturated carbocycles. The van der Waals surface area contributed by atoms with Gasteiger partial charge in [0, 0.05) is 32.4 Å². The molecule has 1 saturated heterocycles. The molecule has 0 radical (unpaired) electrons. The van der Waals surface area contributed by atoms with Crippen molar-refractivity contribution in [2.75, 3.05) is 43.1 Å². The Morgan fingerprint density at radius 3 is 2.38 bits per heavy atom. The molecular formula is C13H20N4O3S. The minimum atomic E-state index is -3.35. The Labute approximate surface area is 124 Å². The zero-order valence-electron chi connectivity index (χ0n) is 12.2. The van der Waals surface area contributed by atoms with Crippen LogP contribution in [0.4, 0.5) is 11.5 Å². The van der Waals surface area contributed by atoms with Crippen LogP contribution in [0.25, 0.3) is 0 Å². The summed E-state index contributed by atoms with van der Waals surface area (Å²) in [5.74, 6) is 0.141. The van der Waals surface area contributed by atoms with E-state index in [2.05, 4.69) is 9.88 Å². The summed E-state index contributed by atoms with van der Waals surface area (Å²) in [6.45, 7) is 3.74. The number of amides is 1. The van der Waals surface area contributed by atoms with Gasteiger partial charge in [0.2, 0.25) is 5.91 Å². The summed E-state index contributed by atoms with van der Waals surface area (Å²) in [5, 5.41) is -0.984. The second kappa shape index (κ2) is 5.88. The van der Waals surface area contributed by atoms with E-state index >= 15 is 0 Å². The van der Waals surface area contributed by atoms with Crippen LogP contribution in [0.3, 0.4) is 0 Å². The fourth-order valence-corrected chi connectivity index (χ4v) is 2.73. The highest BCUT2D eigenvalue weighted by atomic mass is 32.2. The van der Waals surface area contributed by atoms with Gasteiger partial charge in [-0.15, -0.1) is 0 Å². The van der Waals surface area contributed by atoms with Crippen LogP contribution in [0, 0.1) is 0 Å². The zero-order valence-corrected chi connectivity index (χ0v) is 13.0. The number of hydrogen-bond acceptors (Lipinski definition) is 6. The molecule has 1 aromatic heterocycles. The second-order valence-electron chi connectivity index (χ2n) is 5.23. The molecule has 2 N–H and O–H groups in total. The molecule has 0 aromatic carbocycles. The number of aromatic nitrogens is 1. The van der Waals surface area contributed by atoms with Crippen LogP contribution in [0.5, 0.6) is 0 Å². The molecule has 116 valence electrons. The number of anilines is 2. The summed E-state index contributed by atoms with van der Waals surface area (Å²) >= 11 is 0. The largest absolute Gasteiger partial charge is 0.384 e. The Hall–Kier alpha value is -1.83. The molecule has 1 fully saturated rings. The van der Waals surface area contributed by atoms with E-state index in [-0.39, 0.29) is 5.91 Å². The quantitative estimate of drug-likeness (QED) is 0.826. The zero-order chi connectivity index (χ0) is 15.6. The van der Waals surface area contributed by atoms with Crippen molar-refractivity contribution in [3.05, 3.63) is 18.3 Å². The Kier molecular flexibility index (Phi) is 4.36. The molecule has 1 aromatic rings. The van der Waals surface area contributed by atoms with Crippen LogP contribution in [0.15, 0.2) is 18.3 Å². The first-order chi connectivity index (χ1) is 9.79. The highest BCUT2D eigenvalue weighted by molar-refractivity contribution is 7.92. The number of hydrogen-bond donors (Lipinski definition) is 1. The van der Waals surface area contributed by atoms with Crippen LogP contribution >= 0.6 is 0 Å². The number of piperazine rings is 1. The van der Waals surface area contributed by atoms with Crippen LogP contribution in [0.1, 0.15) is 6.92 Å². The van der Waals surface area contributed by atoms with E-state index < -0.39 is 15.1 Å². The van der Waals surface area contributed by atoms with Crippen molar-refractivity contribution < 1.29 is 13.2 Å². The van der Waals surface area contributed by atoms with Gasteiger partial charge in [0.1, 0.15) is 11.1 Å². The van der Waals surface area contributed by atoms with E-state index in [1.54, 1.807) is 17.2 Å². The maximum atomic E-state index is 12.1. The summed E-state index contributed by atoms with van der Waals surface area (Å²) in [7, 11) is -3.35. The molecule has 0 spiro atoms. The van der Waals surface area contributed by atoms with Crippen molar-refractivity contribution in [3.8, 4) is 0 Å². The van der Waals surface area contributed by atoms with Gasteiger partial charge in [0.25, 0.3) is 0 Å². The molecule has 2 rings (SSSR count). The smallest absolute Gasteiger partial charge is 0.240 e. The number of rotatable bonds is 3. The molecule has 1 amide bonds. The van der Waals surface area contributed by atoms with Crippen molar-refractivity contribution in [1.29, 1.82) is 0 Å². The average molecular weight is 312 g/mol. The third kappa shape index (κ3) is 3.63. The molecule has 8 heteroatoms. The molecule has 1 unspecified atom stereocenters. The number of sulfone groups is 1. The lowest BCUT2D eigenvalue weighted by atomic mass is 10.2. The summed E-state index contributed by atoms with van der Waals surface area (Å²) in [5.41, 5.74) is 6.50. The maximum absolute atomic E-state index is 12.1. The van der Waals surface area contributed by atoms with E-state index in [1.165, 1.54) is 6.92 Å². The van der Waals surface area contributed by atoms with Crippen molar-refractivity contribution in [2.24, 2.45) is 0 Å². The van der Waals surface area contributed by atoms with Crippen molar-refractivity contribution >= 4 is 27.2 Å². The maximum Gasteiger partial charge on any atom is 0.240 e. The lowest BCUT2D eigenvalue weighted by molar-refractivity contribution is -0.130. The van der Waals surface area contributed by atoms with E-state index in [0.29, 0.717) is 32.0 Å². The number of carbonyl (C=O) groups is 1. The number of nitrogens with zero attached hydrogens (tertiary/aromatic N) is 3. The number of pyridine rings is 1. The molecule has 0 aliphatic carbocycles. The first-order valence-electron chi connectivity index (χ1n) is 6.73. The molecule has 21 heavy (non-hydrogen) atoms. The van der Waals surface area contributed by atoms with Gasteiger partial charge in [-0.05, 0) is 19.1 Å². The minimum absolute atomic E-state index is 0.326. The predicted octanol–water partition coefficient (Wildman–Crippen LogP) is -0.254. The fourth-order valence-electron chi connectivity index (χ4n) is 2.21. The van der Waals surface area contributed by atoms with Gasteiger partial charge in [-0.25, -0.2) is 13.4 Å². The highest BCUT2D eigenvalue weighted by Gasteiger charge is 2.30. The van der Waals surface area contributed by atoms with Crippen molar-refractivity contribution in [1.82, 2.24) is 9.88 Å². The predicted molar refractivity (Wildman–Crippen MR) is 81.7 cm³/mol. The topological polar surface area (TPSA) is 96.6 Å². The average Bonchev–Trinajstić information content (AvgIpc) is 2.46. The van der Waals surface area contributed by atoms with Crippen LogP contribution in [-0.4, -0.2) is 61.9 Å². The summed E-state index contributed by atoms with van der Waals surface area (Å²) in [4.78, 5) is 19.9. The number of carbonyl (C=O) groups excluding carboxylic acids is 1. The summed E-state index contributed by atoms with van der Waals surface area (Å²) in [6.07, 6.45) is 2.79. The van der Waals surface area contributed by atoms with Crippen molar-refractivity contribution in [3.63, 3.8) is 0 Å². The Morgan fingerprint density at radius 2 is 1.90 bits per heavy atom. The van der Waals surface area contributed by atoms with Gasteiger partial charge in [0.05, 0.1) is 11.9 Å². The molecule has 1 atom stereocenters. The number of nitrogen functional groups attached to an aromatic ring is 1. The Bertz CT molecular complexity index is 607. The van der Waals surface area contributed by atoms with Gasteiger partial charge in [-0.2, -0.15) is 0 Å². The summed E-state index contributed by atoms with van der Waals surface area (Å²) < 4.78 is 22.9. The fraction of sp³-hybridized carbons (Fsp3) is 0.538. The van der Waals surface area contributed by atoms with Gasteiger partial charge in [-0.1, -0.05) is 0 Å². The summed E-state index contributed by atoms with van der Waals surface area (Å²) in [6, 6.07) is 3.62. The lowest BCUT2D eigenvalue weighted by Gasteiger charge is -2.36. The number of nitrogens with two attached hydrogens (primary N) is 1. The molecule has 0 bridgehead atoms. The van der Waals surface area contributed by atoms with Gasteiger partial charge in [-0.3, -0.25) is 4.79 Å². The monoisotopic (exact) mass is 312 g/mol. The van der Waals surface area contributed by atoms with Gasteiger partial charge >= 0.3 is 0 Å². The normalized spacial score (nSPS) is 17.6. The molecule has 1 aliphatic heterocycles. The molecule has 1 aliphatic rings. The Balaban J connectivity index is 1.97. The van der Waals surface area contributed by atoms with E-state index in [4.69, 9.17) is 5.73 Å². The SMILES string of the molecule is CC(C(=O)N1CCN(c2ccc(N)nc2)CC1)S(C)(=O)=O. The Morgan fingerprint density at radius 1 is 1.29 bits per heavy atom. The molecule has 7 nitrogen and oxygen atoms in total. The molecule has 2 heterocycles. The third-order valence-electron chi connectivity index (χ3n) is 3.72. The van der Waals surface area contributed by atoms with Crippen LogP contribution in [0.2, 0.25) is 0 Å². The minimum Gasteiger partial charge on any atom is -0.384 e. The van der Waals surface area contributed by atoms with E-state index in [9.17, 15) is 13.2 Å².